The Morgan fingerprint density at radius 3 is 2.77 bits per heavy atom. The number of aromatic nitrogens is 1. The third-order valence-electron chi connectivity index (χ3n) is 5.23. The summed E-state index contributed by atoms with van der Waals surface area (Å²) in [5.74, 6) is 2.05. The third kappa shape index (κ3) is 4.58. The maximum Gasteiger partial charge on any atom is 0.407 e. The van der Waals surface area contributed by atoms with Gasteiger partial charge in [-0.15, -0.1) is 0 Å². The van der Waals surface area contributed by atoms with Gasteiger partial charge in [0.1, 0.15) is 18.5 Å². The molecule has 8 nitrogen and oxygen atoms in total. The van der Waals surface area contributed by atoms with E-state index in [2.05, 4.69) is 10.3 Å². The van der Waals surface area contributed by atoms with Gasteiger partial charge in [0.2, 0.25) is 5.56 Å². The molecule has 4 rings (SSSR count). The van der Waals surface area contributed by atoms with Crippen molar-refractivity contribution in [2.45, 2.75) is 18.9 Å². The van der Waals surface area contributed by atoms with Crippen LogP contribution in [0.4, 0.5) is 4.79 Å². The van der Waals surface area contributed by atoms with Gasteiger partial charge in [0.15, 0.2) is 11.5 Å². The van der Waals surface area contributed by atoms with Crippen LogP contribution >= 0.6 is 0 Å². The van der Waals surface area contributed by atoms with Crippen LogP contribution in [-0.2, 0) is 17.6 Å². The summed E-state index contributed by atoms with van der Waals surface area (Å²) in [5, 5.41) is 3.67. The zero-order chi connectivity index (χ0) is 21.8. The van der Waals surface area contributed by atoms with Crippen molar-refractivity contribution in [1.29, 1.82) is 0 Å². The number of carbonyl (C=O) groups excluding carboxylic acids is 1. The molecule has 0 radical (unpaired) electrons. The Kier molecular flexibility index (Phi) is 5.97. The Labute approximate surface area is 179 Å². The number of hydrogen-bond acceptors (Lipinski definition) is 6. The highest BCUT2D eigenvalue weighted by Gasteiger charge is 2.25. The van der Waals surface area contributed by atoms with Gasteiger partial charge in [-0.2, -0.15) is 0 Å². The molecule has 1 unspecified atom stereocenters. The van der Waals surface area contributed by atoms with Crippen LogP contribution in [0.3, 0.4) is 0 Å². The van der Waals surface area contributed by atoms with Crippen LogP contribution in [0.2, 0.25) is 0 Å². The van der Waals surface area contributed by atoms with E-state index >= 15 is 0 Å². The van der Waals surface area contributed by atoms with Crippen LogP contribution in [0.5, 0.6) is 17.2 Å². The highest BCUT2D eigenvalue weighted by Crippen LogP contribution is 2.31. The summed E-state index contributed by atoms with van der Waals surface area (Å²) in [6.07, 6.45) is 0.233. The van der Waals surface area contributed by atoms with Crippen molar-refractivity contribution in [3.05, 3.63) is 63.9 Å². The van der Waals surface area contributed by atoms with E-state index < -0.39 is 12.2 Å². The summed E-state index contributed by atoms with van der Waals surface area (Å²) >= 11 is 0. The van der Waals surface area contributed by atoms with E-state index in [4.69, 9.17) is 18.9 Å². The maximum atomic E-state index is 12.3. The largest absolute Gasteiger partial charge is 0.493 e. The number of nitrogens with one attached hydrogen (secondary N) is 2. The van der Waals surface area contributed by atoms with Gasteiger partial charge in [-0.25, -0.2) is 4.79 Å². The lowest BCUT2D eigenvalue weighted by atomic mass is 9.99. The average Bonchev–Trinajstić information content (AvgIpc) is 2.78. The summed E-state index contributed by atoms with van der Waals surface area (Å²) in [6.45, 7) is 0.702. The SMILES string of the molecule is COc1ccc(CCNC(=O)OC2COc3ccc4[nH]c(=O)ccc4c3C2)cc1OC. The quantitative estimate of drug-likeness (QED) is 0.631. The van der Waals surface area contributed by atoms with Crippen LogP contribution in [0, 0.1) is 0 Å². The zero-order valence-electron chi connectivity index (χ0n) is 17.4. The van der Waals surface area contributed by atoms with Gasteiger partial charge < -0.3 is 29.2 Å². The summed E-state index contributed by atoms with van der Waals surface area (Å²) in [6, 6.07) is 12.5. The zero-order valence-corrected chi connectivity index (χ0v) is 17.4. The molecule has 0 spiro atoms. The van der Waals surface area contributed by atoms with Gasteiger partial charge in [0.25, 0.3) is 0 Å². The van der Waals surface area contributed by atoms with E-state index in [1.54, 1.807) is 20.3 Å². The highest BCUT2D eigenvalue weighted by atomic mass is 16.6. The van der Waals surface area contributed by atoms with Crippen molar-refractivity contribution >= 4 is 17.0 Å². The minimum atomic E-state index is -0.494. The number of H-pyrrole nitrogens is 1. The minimum absolute atomic E-state index is 0.161. The summed E-state index contributed by atoms with van der Waals surface area (Å²) in [5.41, 5.74) is 2.50. The molecule has 0 aliphatic carbocycles. The summed E-state index contributed by atoms with van der Waals surface area (Å²) in [7, 11) is 3.17. The van der Waals surface area contributed by atoms with E-state index in [1.165, 1.54) is 6.07 Å². The van der Waals surface area contributed by atoms with Crippen molar-refractivity contribution in [2.24, 2.45) is 0 Å². The number of carbonyl (C=O) groups is 1. The third-order valence-corrected chi connectivity index (χ3v) is 5.23. The van der Waals surface area contributed by atoms with Gasteiger partial charge in [-0.3, -0.25) is 4.79 Å². The smallest absolute Gasteiger partial charge is 0.407 e. The molecule has 1 aromatic heterocycles. The topological polar surface area (TPSA) is 98.9 Å². The van der Waals surface area contributed by atoms with Crippen LogP contribution in [-0.4, -0.2) is 44.6 Å². The average molecular weight is 424 g/mol. The summed E-state index contributed by atoms with van der Waals surface area (Å²) < 4.78 is 21.9. The van der Waals surface area contributed by atoms with Crippen molar-refractivity contribution < 1.29 is 23.7 Å². The first kappa shape index (κ1) is 20.6. The number of pyridine rings is 1. The monoisotopic (exact) mass is 424 g/mol. The molecular formula is C23H24N2O6. The molecule has 0 saturated carbocycles. The predicted octanol–water partition coefficient (Wildman–Crippen LogP) is 2.82. The molecule has 162 valence electrons. The number of rotatable bonds is 6. The van der Waals surface area contributed by atoms with E-state index in [-0.39, 0.29) is 12.2 Å². The minimum Gasteiger partial charge on any atom is -0.493 e. The number of fused-ring (bicyclic) bond motifs is 3. The molecule has 1 aliphatic heterocycles. The van der Waals surface area contributed by atoms with Gasteiger partial charge in [-0.1, -0.05) is 6.07 Å². The molecular weight excluding hydrogens is 400 g/mol. The van der Waals surface area contributed by atoms with Gasteiger partial charge >= 0.3 is 6.09 Å². The van der Waals surface area contributed by atoms with E-state index in [1.807, 2.05) is 30.3 Å². The van der Waals surface area contributed by atoms with E-state index in [0.29, 0.717) is 30.9 Å². The fourth-order valence-electron chi connectivity index (χ4n) is 3.71. The molecule has 3 aromatic rings. The molecule has 1 amide bonds. The Bertz CT molecular complexity index is 1160. The molecule has 8 heteroatoms. The lowest BCUT2D eigenvalue weighted by Crippen LogP contribution is -2.36. The summed E-state index contributed by atoms with van der Waals surface area (Å²) in [4.78, 5) is 26.6. The number of amides is 1. The van der Waals surface area contributed by atoms with Crippen molar-refractivity contribution in [2.75, 3.05) is 27.4 Å². The van der Waals surface area contributed by atoms with Gasteiger partial charge in [0, 0.05) is 35.5 Å². The molecule has 0 fully saturated rings. The molecule has 1 atom stereocenters. The van der Waals surface area contributed by atoms with Crippen LogP contribution in [0.15, 0.2) is 47.3 Å². The fourth-order valence-corrected chi connectivity index (χ4v) is 3.71. The second kappa shape index (κ2) is 8.99. The predicted molar refractivity (Wildman–Crippen MR) is 115 cm³/mol. The molecule has 1 aliphatic rings. The van der Waals surface area contributed by atoms with Crippen LogP contribution in [0.1, 0.15) is 11.1 Å². The highest BCUT2D eigenvalue weighted by molar-refractivity contribution is 5.84. The lowest BCUT2D eigenvalue weighted by Gasteiger charge is -2.26. The number of alkyl carbamates (subject to hydrolysis) is 1. The molecule has 0 bridgehead atoms. The fraction of sp³-hybridized carbons (Fsp3) is 0.304. The maximum absolute atomic E-state index is 12.3. The Morgan fingerprint density at radius 2 is 1.97 bits per heavy atom. The second-order valence-corrected chi connectivity index (χ2v) is 7.23. The van der Waals surface area contributed by atoms with Crippen molar-refractivity contribution in [3.8, 4) is 17.2 Å². The second-order valence-electron chi connectivity index (χ2n) is 7.23. The van der Waals surface area contributed by atoms with Crippen LogP contribution < -0.4 is 25.1 Å². The molecule has 2 aromatic carbocycles. The standard InChI is InChI=1S/C23H24N2O6/c1-28-20-6-3-14(11-21(20)29-2)9-10-24-23(27)31-15-12-17-16-4-8-22(26)25-18(16)5-7-19(17)30-13-15/h3-8,11,15H,9-10,12-13H2,1-2H3,(H,24,27)(H,25,26). The van der Waals surface area contributed by atoms with E-state index in [0.717, 1.165) is 27.8 Å². The number of methoxy groups -OCH3 is 2. The first-order valence-corrected chi connectivity index (χ1v) is 10.0. The number of aromatic amines is 1. The Hall–Kier alpha value is -3.68. The Balaban J connectivity index is 1.33. The number of benzene rings is 2. The van der Waals surface area contributed by atoms with Gasteiger partial charge in [0.05, 0.1) is 14.2 Å². The molecule has 2 N–H and O–H groups in total. The molecule has 0 saturated heterocycles. The van der Waals surface area contributed by atoms with Gasteiger partial charge in [-0.05, 0) is 42.3 Å². The van der Waals surface area contributed by atoms with Crippen LogP contribution in [0.25, 0.3) is 10.9 Å². The Morgan fingerprint density at radius 1 is 1.13 bits per heavy atom. The first-order valence-electron chi connectivity index (χ1n) is 10.0. The van der Waals surface area contributed by atoms with Crippen molar-refractivity contribution in [3.63, 3.8) is 0 Å². The normalized spacial score (nSPS) is 15.0. The van der Waals surface area contributed by atoms with Crippen molar-refractivity contribution in [1.82, 2.24) is 10.3 Å². The lowest BCUT2D eigenvalue weighted by molar-refractivity contribution is 0.0562. The first-order chi connectivity index (χ1) is 15.1. The number of hydrogen-bond donors (Lipinski definition) is 2. The van der Waals surface area contributed by atoms with E-state index in [9.17, 15) is 9.59 Å². The molecule has 2 heterocycles. The molecule has 31 heavy (non-hydrogen) atoms. The number of ether oxygens (including phenoxy) is 4.